The Bertz CT molecular complexity index is 718. The summed E-state index contributed by atoms with van der Waals surface area (Å²) in [6.07, 6.45) is 0.466. The summed E-state index contributed by atoms with van der Waals surface area (Å²) in [5, 5.41) is 0.854. The van der Waals surface area contributed by atoms with Crippen LogP contribution in [0.3, 0.4) is 0 Å². The molecule has 0 saturated carbocycles. The highest BCUT2D eigenvalue weighted by molar-refractivity contribution is 7.18. The molecule has 0 aliphatic heterocycles. The molecule has 102 valence electrons. The molecule has 1 aromatic heterocycles. The summed E-state index contributed by atoms with van der Waals surface area (Å²) >= 11 is 1.58. The van der Waals surface area contributed by atoms with Gasteiger partial charge in [-0.3, -0.25) is 0 Å². The lowest BCUT2D eigenvalue weighted by atomic mass is 10.0. The Hall–Kier alpha value is -1.78. The normalized spacial score (nSPS) is 12.8. The summed E-state index contributed by atoms with van der Waals surface area (Å²) in [4.78, 5) is 4.53. The predicted octanol–water partition coefficient (Wildman–Crippen LogP) is 3.99. The van der Waals surface area contributed by atoms with Crippen LogP contribution in [-0.2, 0) is 6.42 Å². The van der Waals surface area contributed by atoms with Gasteiger partial charge in [-0.25, -0.2) is 9.37 Å². The number of benzene rings is 2. The Morgan fingerprint density at radius 2 is 2.05 bits per heavy atom. The smallest absolute Gasteiger partial charge is 0.126 e. The SMILES string of the molecule is Cc1ccc(F)c(CC(N)c2nc3ccccc3s2)c1. The maximum atomic E-state index is 13.8. The number of aryl methyl sites for hydroxylation is 1. The number of thiazole rings is 1. The van der Waals surface area contributed by atoms with Gasteiger partial charge in [-0.2, -0.15) is 0 Å². The molecular weight excluding hydrogens is 271 g/mol. The number of fused-ring (bicyclic) bond motifs is 1. The minimum atomic E-state index is -0.274. The second-order valence-corrected chi connectivity index (χ2v) is 5.99. The minimum Gasteiger partial charge on any atom is -0.322 e. The Labute approximate surface area is 121 Å². The molecule has 1 heterocycles. The molecule has 0 bridgehead atoms. The highest BCUT2D eigenvalue weighted by Crippen LogP contribution is 2.27. The third-order valence-electron chi connectivity index (χ3n) is 3.27. The van der Waals surface area contributed by atoms with Crippen molar-refractivity contribution in [3.8, 4) is 0 Å². The molecule has 4 heteroatoms. The Morgan fingerprint density at radius 3 is 2.85 bits per heavy atom. The van der Waals surface area contributed by atoms with Crippen LogP contribution < -0.4 is 5.73 Å². The van der Waals surface area contributed by atoms with Gasteiger partial charge in [0.1, 0.15) is 10.8 Å². The minimum absolute atomic E-state index is 0.202. The monoisotopic (exact) mass is 286 g/mol. The van der Waals surface area contributed by atoms with E-state index < -0.39 is 0 Å². The summed E-state index contributed by atoms with van der Waals surface area (Å²) in [7, 11) is 0. The lowest BCUT2D eigenvalue weighted by Crippen LogP contribution is -2.14. The van der Waals surface area contributed by atoms with Crippen LogP contribution >= 0.6 is 11.3 Å². The summed E-state index contributed by atoms with van der Waals surface area (Å²) in [6, 6.07) is 12.8. The van der Waals surface area contributed by atoms with Crippen LogP contribution in [0.2, 0.25) is 0 Å². The first kappa shape index (κ1) is 13.2. The molecule has 20 heavy (non-hydrogen) atoms. The van der Waals surface area contributed by atoms with Crippen molar-refractivity contribution in [3.05, 3.63) is 64.4 Å². The van der Waals surface area contributed by atoms with Crippen molar-refractivity contribution in [1.82, 2.24) is 4.98 Å². The van der Waals surface area contributed by atoms with E-state index in [0.717, 1.165) is 20.8 Å². The van der Waals surface area contributed by atoms with Gasteiger partial charge in [0.2, 0.25) is 0 Å². The van der Waals surface area contributed by atoms with E-state index >= 15 is 0 Å². The number of para-hydroxylation sites is 1. The van der Waals surface area contributed by atoms with Gasteiger partial charge in [0.15, 0.2) is 0 Å². The van der Waals surface area contributed by atoms with Crippen LogP contribution in [-0.4, -0.2) is 4.98 Å². The maximum absolute atomic E-state index is 13.8. The van der Waals surface area contributed by atoms with E-state index in [1.165, 1.54) is 6.07 Å². The van der Waals surface area contributed by atoms with Gasteiger partial charge in [0.25, 0.3) is 0 Å². The van der Waals surface area contributed by atoms with Crippen LogP contribution in [0, 0.1) is 12.7 Å². The second-order valence-electron chi connectivity index (χ2n) is 4.93. The number of nitrogens with zero attached hydrogens (tertiary/aromatic N) is 1. The third kappa shape index (κ3) is 2.57. The molecule has 2 nitrogen and oxygen atoms in total. The number of nitrogens with two attached hydrogens (primary N) is 1. The van der Waals surface area contributed by atoms with Crippen molar-refractivity contribution < 1.29 is 4.39 Å². The van der Waals surface area contributed by atoms with E-state index in [9.17, 15) is 4.39 Å². The molecule has 2 N–H and O–H groups in total. The fourth-order valence-electron chi connectivity index (χ4n) is 2.23. The quantitative estimate of drug-likeness (QED) is 0.790. The van der Waals surface area contributed by atoms with E-state index in [-0.39, 0.29) is 11.9 Å². The molecule has 2 aromatic carbocycles. The molecule has 0 spiro atoms. The van der Waals surface area contributed by atoms with E-state index in [1.54, 1.807) is 17.4 Å². The van der Waals surface area contributed by atoms with Crippen molar-refractivity contribution in [1.29, 1.82) is 0 Å². The van der Waals surface area contributed by atoms with Gasteiger partial charge in [0.05, 0.1) is 16.3 Å². The summed E-state index contributed by atoms with van der Waals surface area (Å²) in [5.74, 6) is -0.202. The molecule has 1 unspecified atom stereocenters. The molecule has 0 aliphatic carbocycles. The van der Waals surface area contributed by atoms with Crippen molar-refractivity contribution in [2.45, 2.75) is 19.4 Å². The molecule has 3 rings (SSSR count). The van der Waals surface area contributed by atoms with E-state index in [4.69, 9.17) is 5.73 Å². The van der Waals surface area contributed by atoms with Gasteiger partial charge in [-0.05, 0) is 37.1 Å². The zero-order chi connectivity index (χ0) is 14.1. The van der Waals surface area contributed by atoms with Gasteiger partial charge in [-0.1, -0.05) is 29.8 Å². The molecule has 1 atom stereocenters. The molecule has 0 aliphatic rings. The molecule has 0 saturated heterocycles. The highest BCUT2D eigenvalue weighted by atomic mass is 32.1. The maximum Gasteiger partial charge on any atom is 0.126 e. The summed E-state index contributed by atoms with van der Waals surface area (Å²) < 4.78 is 14.9. The van der Waals surface area contributed by atoms with Crippen molar-refractivity contribution in [3.63, 3.8) is 0 Å². The Balaban J connectivity index is 1.88. The first-order valence-electron chi connectivity index (χ1n) is 6.49. The van der Waals surface area contributed by atoms with E-state index in [2.05, 4.69) is 4.98 Å². The van der Waals surface area contributed by atoms with Gasteiger partial charge in [-0.15, -0.1) is 11.3 Å². The van der Waals surface area contributed by atoms with Crippen LogP contribution in [0.4, 0.5) is 4.39 Å². The van der Waals surface area contributed by atoms with Gasteiger partial charge < -0.3 is 5.73 Å². The van der Waals surface area contributed by atoms with E-state index in [1.807, 2.05) is 37.3 Å². The molecule has 0 fully saturated rings. The van der Waals surface area contributed by atoms with Crippen molar-refractivity contribution in [2.75, 3.05) is 0 Å². The first-order valence-corrected chi connectivity index (χ1v) is 7.31. The topological polar surface area (TPSA) is 38.9 Å². The standard InChI is InChI=1S/C16H15FN2S/c1-10-6-7-12(17)11(8-10)9-13(18)16-19-14-4-2-3-5-15(14)20-16/h2-8,13H,9,18H2,1H3. The lowest BCUT2D eigenvalue weighted by molar-refractivity contribution is 0.592. The van der Waals surface area contributed by atoms with Gasteiger partial charge in [0, 0.05) is 0 Å². The van der Waals surface area contributed by atoms with E-state index in [0.29, 0.717) is 12.0 Å². The Kier molecular flexibility index (Phi) is 3.51. The van der Waals surface area contributed by atoms with Crippen LogP contribution in [0.25, 0.3) is 10.2 Å². The number of rotatable bonds is 3. The number of halogens is 1. The summed E-state index contributed by atoms with van der Waals surface area (Å²) in [5.41, 5.74) is 8.83. The van der Waals surface area contributed by atoms with Crippen LogP contribution in [0.1, 0.15) is 22.2 Å². The number of aromatic nitrogens is 1. The lowest BCUT2D eigenvalue weighted by Gasteiger charge is -2.10. The number of hydrogen-bond donors (Lipinski definition) is 1. The zero-order valence-electron chi connectivity index (χ0n) is 11.1. The number of hydrogen-bond acceptors (Lipinski definition) is 3. The third-order valence-corrected chi connectivity index (χ3v) is 4.44. The second kappa shape index (κ2) is 5.31. The molecule has 0 amide bonds. The molecule has 0 radical (unpaired) electrons. The fourth-order valence-corrected chi connectivity index (χ4v) is 3.20. The average Bonchev–Trinajstić information content (AvgIpc) is 2.87. The average molecular weight is 286 g/mol. The zero-order valence-corrected chi connectivity index (χ0v) is 12.0. The van der Waals surface area contributed by atoms with Crippen LogP contribution in [0.15, 0.2) is 42.5 Å². The highest BCUT2D eigenvalue weighted by Gasteiger charge is 2.14. The fraction of sp³-hybridized carbons (Fsp3) is 0.188. The summed E-state index contributed by atoms with van der Waals surface area (Å²) in [6.45, 7) is 1.95. The Morgan fingerprint density at radius 1 is 1.25 bits per heavy atom. The molecular formula is C16H15FN2S. The first-order chi connectivity index (χ1) is 9.63. The van der Waals surface area contributed by atoms with Crippen LogP contribution in [0.5, 0.6) is 0 Å². The van der Waals surface area contributed by atoms with Crippen molar-refractivity contribution in [2.24, 2.45) is 5.73 Å². The predicted molar refractivity (Wildman–Crippen MR) is 81.4 cm³/mol. The van der Waals surface area contributed by atoms with Crippen molar-refractivity contribution >= 4 is 21.6 Å². The van der Waals surface area contributed by atoms with Gasteiger partial charge >= 0.3 is 0 Å². The molecule has 3 aromatic rings. The largest absolute Gasteiger partial charge is 0.322 e.